The molecule has 0 radical (unpaired) electrons. The molecule has 0 bridgehead atoms. The van der Waals surface area contributed by atoms with Crippen molar-refractivity contribution in [3.63, 3.8) is 0 Å². The second-order valence-corrected chi connectivity index (χ2v) is 28.3. The highest BCUT2D eigenvalue weighted by molar-refractivity contribution is 5.71. The van der Waals surface area contributed by atoms with Crippen molar-refractivity contribution < 1.29 is 42.9 Å². The summed E-state index contributed by atoms with van der Waals surface area (Å²) >= 11 is 0. The Hall–Kier alpha value is -4.83. The normalized spacial score (nSPS) is 13.4. The number of hydrogen-bond donors (Lipinski definition) is 1. The molecule has 2 atom stereocenters. The lowest BCUT2D eigenvalue weighted by Gasteiger charge is -2.25. The monoisotopic (exact) mass is 1380 g/mol. The van der Waals surface area contributed by atoms with Gasteiger partial charge in [-0.15, -0.1) is 0 Å². The molecule has 566 valence electrons. The van der Waals surface area contributed by atoms with E-state index in [1.807, 2.05) is 21.1 Å². The van der Waals surface area contributed by atoms with Gasteiger partial charge in [0, 0.05) is 12.8 Å². The lowest BCUT2D eigenvalue weighted by Crippen LogP contribution is -2.40. The van der Waals surface area contributed by atoms with Crippen molar-refractivity contribution >= 4 is 17.9 Å². The van der Waals surface area contributed by atoms with E-state index in [0.29, 0.717) is 23.9 Å². The lowest BCUT2D eigenvalue weighted by molar-refractivity contribution is -0.870. The maximum absolute atomic E-state index is 13.0. The van der Waals surface area contributed by atoms with E-state index < -0.39 is 24.3 Å². The third-order valence-electron chi connectivity index (χ3n) is 17.6. The Morgan fingerprint density at radius 2 is 0.545 bits per heavy atom. The molecule has 0 aromatic heterocycles. The minimum atomic E-state index is -1.52. The molecule has 0 spiro atoms. The fourth-order valence-electron chi connectivity index (χ4n) is 11.4. The summed E-state index contributed by atoms with van der Waals surface area (Å²) in [6, 6.07) is 0. The Kier molecular flexibility index (Phi) is 75.0. The van der Waals surface area contributed by atoms with Gasteiger partial charge in [0.2, 0.25) is 0 Å². The van der Waals surface area contributed by atoms with Crippen LogP contribution in [0.1, 0.15) is 348 Å². The maximum atomic E-state index is 13.0. The highest BCUT2D eigenvalue weighted by Crippen LogP contribution is 2.19. The number of carbonyl (C=O) groups excluding carboxylic acids is 2. The topological polar surface area (TPSA) is 108 Å². The zero-order valence-corrected chi connectivity index (χ0v) is 64.9. The zero-order chi connectivity index (χ0) is 71.8. The molecule has 9 heteroatoms. The van der Waals surface area contributed by atoms with Crippen molar-refractivity contribution in [1.82, 2.24) is 0 Å². The van der Waals surface area contributed by atoms with Crippen LogP contribution >= 0.6 is 0 Å². The highest BCUT2D eigenvalue weighted by Gasteiger charge is 2.25. The van der Waals surface area contributed by atoms with Gasteiger partial charge in [-0.25, -0.2) is 4.79 Å². The molecule has 1 N–H and O–H groups in total. The number of hydrogen-bond acceptors (Lipinski definition) is 7. The average Bonchev–Trinajstić information content (AvgIpc) is 2.19. The van der Waals surface area contributed by atoms with Gasteiger partial charge in [0.15, 0.2) is 6.10 Å². The van der Waals surface area contributed by atoms with Crippen LogP contribution in [-0.4, -0.2) is 87.4 Å². The SMILES string of the molecule is CC/C=C\C/C=C\C/C=C\C/C=C\C/C=C\C/C=C\C/C=C\C/C=C\CCCCCCCCCCCCCCC(=O)OC(COC(=O)CCCCCCCCCCCCCCCCCCCCCCCCCC/C=C\C/C=C\C/C=C\C/C=C\CC)COC(OCC[N+](C)(C)C)C(=O)O. The van der Waals surface area contributed by atoms with Crippen molar-refractivity contribution in [1.29, 1.82) is 0 Å². The van der Waals surface area contributed by atoms with E-state index in [9.17, 15) is 19.5 Å². The number of aliphatic carboxylic acids is 1. The van der Waals surface area contributed by atoms with E-state index in [1.165, 1.54) is 199 Å². The van der Waals surface area contributed by atoms with Crippen LogP contribution in [0.4, 0.5) is 0 Å². The van der Waals surface area contributed by atoms with Crippen LogP contribution < -0.4 is 0 Å². The molecule has 0 saturated carbocycles. The van der Waals surface area contributed by atoms with Crippen molar-refractivity contribution in [3.8, 4) is 0 Å². The number of esters is 2. The van der Waals surface area contributed by atoms with E-state index in [1.54, 1.807) is 0 Å². The molecule has 0 saturated heterocycles. The number of carboxylic acid groups (broad SMARTS) is 1. The standard InChI is InChI=1S/C90H153NO8/c1-6-8-10-12-14-16-18-20-22-24-26-28-30-32-34-36-38-40-42-44-46-48-50-52-54-56-58-60-62-64-66-68-70-72-74-76-78-80-87(92)97-84-86(85-98-90(89(94)95)96-83-82-91(3,4)5)99-88(93)81-79-77-75-73-71-69-67-65-63-61-59-57-55-53-51-49-47-45-43-41-39-37-35-33-31-29-27-25-23-21-19-17-15-13-11-9-7-2/h8-11,14-17,20-23,26-29,33,35,39,41,45,47,51,53,86,90H,6-7,12-13,18-19,24-25,30-32,34,36-38,40,42-44,46,48-50,52,54-85H2,1-5H3/p+1/b10-8-,11-9-,16-14-,17-15-,22-20-,23-21-,28-26-,29-27-,35-33-,41-39-,47-45-,53-51-. The molecule has 0 aliphatic rings. The van der Waals surface area contributed by atoms with Crippen LogP contribution in [0, 0.1) is 0 Å². The number of ether oxygens (including phenoxy) is 4. The molecule has 0 amide bonds. The van der Waals surface area contributed by atoms with E-state index in [2.05, 4.69) is 160 Å². The second-order valence-electron chi connectivity index (χ2n) is 28.3. The predicted octanol–water partition coefficient (Wildman–Crippen LogP) is 26.6. The fraction of sp³-hybridized carbons (Fsp3) is 0.700. The number of carbonyl (C=O) groups is 3. The molecule has 0 aromatic carbocycles. The number of rotatable bonds is 75. The first-order chi connectivity index (χ1) is 48.6. The summed E-state index contributed by atoms with van der Waals surface area (Å²) < 4.78 is 23.1. The van der Waals surface area contributed by atoms with E-state index in [-0.39, 0.29) is 32.2 Å². The fourth-order valence-corrected chi connectivity index (χ4v) is 11.4. The first kappa shape index (κ1) is 94.2. The minimum absolute atomic E-state index is 0.184. The molecular formula is C90H154NO8+. The third-order valence-corrected chi connectivity index (χ3v) is 17.6. The molecule has 2 unspecified atom stereocenters. The van der Waals surface area contributed by atoms with Gasteiger partial charge in [0.1, 0.15) is 13.2 Å². The Bertz CT molecular complexity index is 2150. The molecule has 99 heavy (non-hydrogen) atoms. The van der Waals surface area contributed by atoms with Crippen LogP contribution in [0.3, 0.4) is 0 Å². The van der Waals surface area contributed by atoms with Crippen LogP contribution in [0.15, 0.2) is 146 Å². The van der Waals surface area contributed by atoms with Gasteiger partial charge >= 0.3 is 17.9 Å². The Morgan fingerprint density at radius 3 is 0.808 bits per heavy atom. The number of allylic oxidation sites excluding steroid dienone is 24. The summed E-state index contributed by atoms with van der Waals surface area (Å²) in [5, 5.41) is 9.78. The van der Waals surface area contributed by atoms with Crippen LogP contribution in [0.5, 0.6) is 0 Å². The number of carboxylic acids is 1. The third kappa shape index (κ3) is 80.4. The van der Waals surface area contributed by atoms with Crippen LogP contribution in [0.25, 0.3) is 0 Å². The van der Waals surface area contributed by atoms with Gasteiger partial charge in [-0.1, -0.05) is 365 Å². The summed E-state index contributed by atoms with van der Waals surface area (Å²) in [7, 11) is 5.99. The van der Waals surface area contributed by atoms with Gasteiger partial charge in [-0.2, -0.15) is 0 Å². The number of unbranched alkanes of at least 4 members (excludes halogenated alkanes) is 36. The molecule has 0 aliphatic heterocycles. The summed E-state index contributed by atoms with van der Waals surface area (Å²) in [5.74, 6) is -2.00. The van der Waals surface area contributed by atoms with E-state index in [0.717, 1.165) is 116 Å². The molecule has 0 fully saturated rings. The molecular weight excluding hydrogens is 1220 g/mol. The van der Waals surface area contributed by atoms with Crippen molar-refractivity contribution in [2.45, 2.75) is 360 Å². The number of nitrogens with zero attached hydrogens (tertiary/aromatic N) is 1. The molecule has 0 heterocycles. The molecule has 0 aromatic rings. The molecule has 0 rings (SSSR count). The van der Waals surface area contributed by atoms with E-state index >= 15 is 0 Å². The summed E-state index contributed by atoms with van der Waals surface area (Å²) in [4.78, 5) is 37.8. The van der Waals surface area contributed by atoms with E-state index in [4.69, 9.17) is 18.9 Å². The zero-order valence-electron chi connectivity index (χ0n) is 64.9. The lowest BCUT2D eigenvalue weighted by atomic mass is 10.0. The van der Waals surface area contributed by atoms with Gasteiger partial charge in [0.05, 0.1) is 34.4 Å². The number of likely N-dealkylation sites (N-methyl/N-ethyl adjacent to an activating group) is 1. The molecule has 9 nitrogen and oxygen atoms in total. The highest BCUT2D eigenvalue weighted by atomic mass is 16.7. The predicted molar refractivity (Wildman–Crippen MR) is 428 cm³/mol. The first-order valence-corrected chi connectivity index (χ1v) is 41.0. The van der Waals surface area contributed by atoms with Gasteiger partial charge in [0.25, 0.3) is 6.29 Å². The maximum Gasteiger partial charge on any atom is 0.361 e. The second kappa shape index (κ2) is 78.9. The largest absolute Gasteiger partial charge is 0.477 e. The summed E-state index contributed by atoms with van der Waals surface area (Å²) in [6.07, 6.45) is 113. The average molecular weight is 1380 g/mol. The summed E-state index contributed by atoms with van der Waals surface area (Å²) in [6.45, 7) is 4.68. The van der Waals surface area contributed by atoms with Gasteiger partial charge in [-0.05, 0) is 116 Å². The number of quaternary nitrogens is 1. The first-order valence-electron chi connectivity index (χ1n) is 41.0. The minimum Gasteiger partial charge on any atom is -0.477 e. The van der Waals surface area contributed by atoms with Crippen molar-refractivity contribution in [2.24, 2.45) is 0 Å². The van der Waals surface area contributed by atoms with Crippen molar-refractivity contribution in [3.05, 3.63) is 146 Å². The summed E-state index contributed by atoms with van der Waals surface area (Å²) in [5.41, 5.74) is 0. The van der Waals surface area contributed by atoms with Crippen molar-refractivity contribution in [2.75, 3.05) is 47.5 Å². The van der Waals surface area contributed by atoms with Crippen LogP contribution in [-0.2, 0) is 33.3 Å². The van der Waals surface area contributed by atoms with Gasteiger partial charge < -0.3 is 28.5 Å². The molecule has 0 aliphatic carbocycles. The Morgan fingerprint density at radius 1 is 0.303 bits per heavy atom. The smallest absolute Gasteiger partial charge is 0.361 e. The van der Waals surface area contributed by atoms with Gasteiger partial charge in [-0.3, -0.25) is 9.59 Å². The Balaban J connectivity index is 4.03. The quantitative estimate of drug-likeness (QED) is 0.0211. The Labute approximate surface area is 611 Å². The van der Waals surface area contributed by atoms with Crippen LogP contribution in [0.2, 0.25) is 0 Å².